The van der Waals surface area contributed by atoms with Crippen LogP contribution in [0.4, 0.5) is 0 Å². The Kier molecular flexibility index (Phi) is 4.47. The Labute approximate surface area is 131 Å². The van der Waals surface area contributed by atoms with Gasteiger partial charge >= 0.3 is 0 Å². The zero-order chi connectivity index (χ0) is 15.6. The second kappa shape index (κ2) is 6.36. The molecule has 1 aromatic rings. The number of nitrogens with one attached hydrogen (secondary N) is 1. The summed E-state index contributed by atoms with van der Waals surface area (Å²) in [6.45, 7) is 8.05. The highest BCUT2D eigenvalue weighted by molar-refractivity contribution is 5.85. The zero-order valence-corrected chi connectivity index (χ0v) is 13.3. The van der Waals surface area contributed by atoms with E-state index in [0.29, 0.717) is 26.4 Å². The first-order valence-corrected chi connectivity index (χ1v) is 7.88. The predicted molar refractivity (Wildman–Crippen MR) is 83.5 cm³/mol. The van der Waals surface area contributed by atoms with Crippen LogP contribution in [0.5, 0.6) is 0 Å². The number of fused-ring (bicyclic) bond motifs is 1. The van der Waals surface area contributed by atoms with Crippen molar-refractivity contribution in [2.75, 3.05) is 32.9 Å². The van der Waals surface area contributed by atoms with Crippen molar-refractivity contribution >= 4 is 5.91 Å². The molecule has 1 unspecified atom stereocenters. The first-order chi connectivity index (χ1) is 10.6. The smallest absolute Gasteiger partial charge is 0.240 e. The fourth-order valence-electron chi connectivity index (χ4n) is 3.10. The fraction of sp³-hybridized carbons (Fsp3) is 0.588. The Bertz CT molecular complexity index is 538. The minimum atomic E-state index is -0.545. The monoisotopic (exact) mass is 304 g/mol. The van der Waals surface area contributed by atoms with Crippen LogP contribution in [0.15, 0.2) is 24.3 Å². The summed E-state index contributed by atoms with van der Waals surface area (Å²) in [7, 11) is 0. The molecule has 3 rings (SSSR count). The molecule has 1 aromatic carbocycles. The molecule has 0 saturated carbocycles. The normalized spacial score (nSPS) is 22.9. The molecule has 1 amide bonds. The number of morpholine rings is 1. The van der Waals surface area contributed by atoms with Crippen LogP contribution in [0.1, 0.15) is 31.0 Å². The Balaban J connectivity index is 1.71. The van der Waals surface area contributed by atoms with Gasteiger partial charge in [0, 0.05) is 13.1 Å². The van der Waals surface area contributed by atoms with Gasteiger partial charge in [-0.05, 0) is 25.0 Å². The van der Waals surface area contributed by atoms with Gasteiger partial charge in [-0.3, -0.25) is 9.69 Å². The summed E-state index contributed by atoms with van der Waals surface area (Å²) in [6, 6.07) is 8.07. The van der Waals surface area contributed by atoms with Crippen molar-refractivity contribution in [3.63, 3.8) is 0 Å². The number of hydrogen-bond donors (Lipinski definition) is 1. The first kappa shape index (κ1) is 15.5. The maximum absolute atomic E-state index is 12.8. The van der Waals surface area contributed by atoms with Gasteiger partial charge in [0.05, 0.1) is 38.0 Å². The molecule has 1 fully saturated rings. The molecule has 22 heavy (non-hydrogen) atoms. The molecule has 0 aliphatic carbocycles. The number of nitrogens with zero attached hydrogens (tertiary/aromatic N) is 1. The van der Waals surface area contributed by atoms with E-state index in [1.54, 1.807) is 0 Å². The highest BCUT2D eigenvalue weighted by atomic mass is 16.5. The molecule has 2 aliphatic heterocycles. The number of hydrogen-bond acceptors (Lipinski definition) is 4. The van der Waals surface area contributed by atoms with Crippen LogP contribution in [0.25, 0.3) is 0 Å². The van der Waals surface area contributed by atoms with Gasteiger partial charge < -0.3 is 14.8 Å². The van der Waals surface area contributed by atoms with Crippen molar-refractivity contribution in [3.05, 3.63) is 35.4 Å². The molecule has 120 valence electrons. The van der Waals surface area contributed by atoms with Gasteiger partial charge in [0.25, 0.3) is 0 Å². The lowest BCUT2D eigenvalue weighted by Gasteiger charge is -2.40. The quantitative estimate of drug-likeness (QED) is 0.919. The summed E-state index contributed by atoms with van der Waals surface area (Å²) >= 11 is 0. The summed E-state index contributed by atoms with van der Waals surface area (Å²) in [5, 5.41) is 3.17. The molecule has 2 heterocycles. The van der Waals surface area contributed by atoms with Crippen molar-refractivity contribution < 1.29 is 14.3 Å². The van der Waals surface area contributed by atoms with Gasteiger partial charge in [-0.1, -0.05) is 24.3 Å². The maximum atomic E-state index is 12.8. The molecule has 5 heteroatoms. The minimum Gasteiger partial charge on any atom is -0.379 e. The van der Waals surface area contributed by atoms with Gasteiger partial charge in [0.1, 0.15) is 0 Å². The van der Waals surface area contributed by atoms with Crippen LogP contribution in [0, 0.1) is 0 Å². The van der Waals surface area contributed by atoms with Gasteiger partial charge in [-0.15, -0.1) is 0 Å². The molecular weight excluding hydrogens is 280 g/mol. The lowest BCUT2D eigenvalue weighted by Crippen LogP contribution is -2.58. The number of carbonyl (C=O) groups is 1. The van der Waals surface area contributed by atoms with Gasteiger partial charge in [0.15, 0.2) is 0 Å². The van der Waals surface area contributed by atoms with E-state index in [9.17, 15) is 4.79 Å². The number of amides is 1. The Morgan fingerprint density at radius 2 is 1.95 bits per heavy atom. The molecule has 2 aliphatic rings. The van der Waals surface area contributed by atoms with Gasteiger partial charge in [0.2, 0.25) is 5.91 Å². The first-order valence-electron chi connectivity index (χ1n) is 7.88. The Hall–Kier alpha value is -1.43. The van der Waals surface area contributed by atoms with E-state index in [0.717, 1.165) is 18.7 Å². The Morgan fingerprint density at radius 1 is 1.23 bits per heavy atom. The third-order valence-electron chi connectivity index (χ3n) is 4.64. The van der Waals surface area contributed by atoms with E-state index >= 15 is 0 Å². The lowest BCUT2D eigenvalue weighted by molar-refractivity contribution is -0.136. The average Bonchev–Trinajstić information content (AvgIpc) is 2.56. The van der Waals surface area contributed by atoms with Crippen molar-refractivity contribution in [1.29, 1.82) is 0 Å². The molecule has 1 N–H and O–H groups in total. The minimum absolute atomic E-state index is 0.0414. The molecule has 0 bridgehead atoms. The molecule has 0 aromatic heterocycles. The Morgan fingerprint density at radius 3 is 2.73 bits per heavy atom. The predicted octanol–water partition coefficient (Wildman–Crippen LogP) is 1.48. The van der Waals surface area contributed by atoms with Crippen molar-refractivity contribution in [1.82, 2.24) is 10.2 Å². The summed E-state index contributed by atoms with van der Waals surface area (Å²) in [4.78, 5) is 15.0. The summed E-state index contributed by atoms with van der Waals surface area (Å²) in [6.07, 6.45) is 0. The topological polar surface area (TPSA) is 50.8 Å². The van der Waals surface area contributed by atoms with E-state index in [-0.39, 0.29) is 11.9 Å². The van der Waals surface area contributed by atoms with Crippen LogP contribution < -0.4 is 5.32 Å². The highest BCUT2D eigenvalue weighted by Crippen LogP contribution is 2.26. The molecule has 1 atom stereocenters. The number of rotatable bonds is 3. The lowest BCUT2D eigenvalue weighted by atomic mass is 9.96. The fourth-order valence-corrected chi connectivity index (χ4v) is 3.10. The molecule has 1 saturated heterocycles. The SMILES string of the molecule is CC(C)(C(=O)NC1COCc2ccccc21)N1CCOCC1. The van der Waals surface area contributed by atoms with E-state index in [1.165, 1.54) is 5.56 Å². The van der Waals surface area contributed by atoms with Crippen LogP contribution in [0.3, 0.4) is 0 Å². The third-order valence-corrected chi connectivity index (χ3v) is 4.64. The van der Waals surface area contributed by atoms with Crippen LogP contribution >= 0.6 is 0 Å². The number of carbonyl (C=O) groups excluding carboxylic acids is 1. The highest BCUT2D eigenvalue weighted by Gasteiger charge is 2.37. The van der Waals surface area contributed by atoms with Gasteiger partial charge in [-0.2, -0.15) is 0 Å². The second-order valence-corrected chi connectivity index (χ2v) is 6.40. The summed E-state index contributed by atoms with van der Waals surface area (Å²) in [5.41, 5.74) is 1.78. The molecule has 0 radical (unpaired) electrons. The van der Waals surface area contributed by atoms with Gasteiger partial charge in [-0.25, -0.2) is 0 Å². The number of benzene rings is 1. The third kappa shape index (κ3) is 3.02. The van der Waals surface area contributed by atoms with Crippen LogP contribution in [-0.4, -0.2) is 49.3 Å². The molecule has 5 nitrogen and oxygen atoms in total. The second-order valence-electron chi connectivity index (χ2n) is 6.40. The van der Waals surface area contributed by atoms with E-state index < -0.39 is 5.54 Å². The summed E-state index contributed by atoms with van der Waals surface area (Å²) in [5.74, 6) is 0.0414. The summed E-state index contributed by atoms with van der Waals surface area (Å²) < 4.78 is 11.0. The van der Waals surface area contributed by atoms with Crippen molar-refractivity contribution in [2.24, 2.45) is 0 Å². The van der Waals surface area contributed by atoms with E-state index in [2.05, 4.69) is 22.3 Å². The van der Waals surface area contributed by atoms with Crippen LogP contribution in [-0.2, 0) is 20.9 Å². The largest absolute Gasteiger partial charge is 0.379 e. The van der Waals surface area contributed by atoms with Crippen molar-refractivity contribution in [2.45, 2.75) is 32.0 Å². The number of ether oxygens (including phenoxy) is 2. The molecular formula is C17H24N2O3. The maximum Gasteiger partial charge on any atom is 0.240 e. The average molecular weight is 304 g/mol. The zero-order valence-electron chi connectivity index (χ0n) is 13.3. The van der Waals surface area contributed by atoms with E-state index in [1.807, 2.05) is 26.0 Å². The van der Waals surface area contributed by atoms with E-state index in [4.69, 9.17) is 9.47 Å². The standard InChI is InChI=1S/C17H24N2O3/c1-17(2,19-7-9-21-10-8-19)16(20)18-15-12-22-11-13-5-3-4-6-14(13)15/h3-6,15H,7-12H2,1-2H3,(H,18,20). The van der Waals surface area contributed by atoms with Crippen LogP contribution in [0.2, 0.25) is 0 Å². The van der Waals surface area contributed by atoms with Crippen molar-refractivity contribution in [3.8, 4) is 0 Å². The molecule has 0 spiro atoms.